The predicted octanol–water partition coefficient (Wildman–Crippen LogP) is 2.41. The number of amides is 1. The Bertz CT molecular complexity index is 271. The van der Waals surface area contributed by atoms with Crippen molar-refractivity contribution in [3.63, 3.8) is 0 Å². The molecule has 106 valence electrons. The van der Waals surface area contributed by atoms with Gasteiger partial charge in [-0.3, -0.25) is 4.90 Å². The van der Waals surface area contributed by atoms with E-state index in [9.17, 15) is 4.79 Å². The Labute approximate surface area is 115 Å². The molecule has 1 aliphatic rings. The lowest BCUT2D eigenvalue weighted by Gasteiger charge is -2.36. The molecule has 1 amide bonds. The number of alkyl halides is 1. The van der Waals surface area contributed by atoms with Crippen LogP contribution in [0.15, 0.2) is 0 Å². The van der Waals surface area contributed by atoms with Crippen LogP contribution >= 0.6 is 11.6 Å². The summed E-state index contributed by atoms with van der Waals surface area (Å²) in [5, 5.41) is 0. The van der Waals surface area contributed by atoms with Gasteiger partial charge in [-0.15, -0.1) is 11.6 Å². The van der Waals surface area contributed by atoms with Crippen LogP contribution in [0.5, 0.6) is 0 Å². The summed E-state index contributed by atoms with van der Waals surface area (Å²) in [6.45, 7) is 12.1. The molecule has 0 aromatic carbocycles. The van der Waals surface area contributed by atoms with Gasteiger partial charge in [-0.05, 0) is 26.7 Å². The summed E-state index contributed by atoms with van der Waals surface area (Å²) >= 11 is 5.81. The predicted molar refractivity (Wildman–Crippen MR) is 74.1 cm³/mol. The SMILES string of the molecule is CC(CCl)CN1CCN(C(=O)OC(C)(C)C)CC1. The van der Waals surface area contributed by atoms with Crippen LogP contribution in [0.1, 0.15) is 27.7 Å². The fraction of sp³-hybridized carbons (Fsp3) is 0.923. The summed E-state index contributed by atoms with van der Waals surface area (Å²) in [6, 6.07) is 0. The molecule has 1 fully saturated rings. The van der Waals surface area contributed by atoms with Gasteiger partial charge >= 0.3 is 6.09 Å². The van der Waals surface area contributed by atoms with E-state index in [1.807, 2.05) is 20.8 Å². The Kier molecular flexibility index (Phi) is 5.73. The van der Waals surface area contributed by atoms with Gasteiger partial charge in [-0.2, -0.15) is 0 Å². The van der Waals surface area contributed by atoms with E-state index in [4.69, 9.17) is 16.3 Å². The number of ether oxygens (including phenoxy) is 1. The molecule has 0 radical (unpaired) electrons. The van der Waals surface area contributed by atoms with E-state index in [1.54, 1.807) is 4.90 Å². The standard InChI is InChI=1S/C13H25ClN2O2/c1-11(9-14)10-15-5-7-16(8-6-15)12(17)18-13(2,3)4/h11H,5-10H2,1-4H3. The number of hydrogen-bond acceptors (Lipinski definition) is 3. The lowest BCUT2D eigenvalue weighted by atomic mass is 10.2. The molecule has 1 rings (SSSR count). The Hall–Kier alpha value is -0.480. The molecule has 0 N–H and O–H groups in total. The summed E-state index contributed by atoms with van der Waals surface area (Å²) < 4.78 is 5.36. The molecule has 4 nitrogen and oxygen atoms in total. The zero-order valence-corrected chi connectivity index (χ0v) is 12.7. The van der Waals surface area contributed by atoms with Gasteiger partial charge in [0.25, 0.3) is 0 Å². The molecular weight excluding hydrogens is 252 g/mol. The van der Waals surface area contributed by atoms with E-state index < -0.39 is 5.60 Å². The number of rotatable bonds is 3. The minimum absolute atomic E-state index is 0.201. The maximum atomic E-state index is 11.9. The fourth-order valence-electron chi connectivity index (χ4n) is 1.93. The number of carbonyl (C=O) groups excluding carboxylic acids is 1. The average molecular weight is 277 g/mol. The van der Waals surface area contributed by atoms with E-state index in [1.165, 1.54) is 0 Å². The monoisotopic (exact) mass is 276 g/mol. The van der Waals surface area contributed by atoms with Crippen LogP contribution in [0, 0.1) is 5.92 Å². The zero-order valence-electron chi connectivity index (χ0n) is 11.9. The first-order chi connectivity index (χ1) is 8.31. The molecular formula is C13H25ClN2O2. The second kappa shape index (κ2) is 6.62. The molecule has 0 spiro atoms. The van der Waals surface area contributed by atoms with Gasteiger partial charge < -0.3 is 9.64 Å². The van der Waals surface area contributed by atoms with Crippen molar-refractivity contribution in [1.29, 1.82) is 0 Å². The third kappa shape index (κ3) is 5.44. The Morgan fingerprint density at radius 2 is 1.83 bits per heavy atom. The van der Waals surface area contributed by atoms with Crippen LogP contribution in [0.25, 0.3) is 0 Å². The highest BCUT2D eigenvalue weighted by molar-refractivity contribution is 6.18. The van der Waals surface area contributed by atoms with Crippen LogP contribution in [0.2, 0.25) is 0 Å². The largest absolute Gasteiger partial charge is 0.444 e. The highest BCUT2D eigenvalue weighted by Gasteiger charge is 2.26. The van der Waals surface area contributed by atoms with Gasteiger partial charge in [0, 0.05) is 38.6 Å². The number of piperazine rings is 1. The lowest BCUT2D eigenvalue weighted by Crippen LogP contribution is -2.50. The second-order valence-electron chi connectivity index (χ2n) is 6.03. The van der Waals surface area contributed by atoms with Crippen molar-refractivity contribution in [1.82, 2.24) is 9.80 Å². The zero-order chi connectivity index (χ0) is 13.8. The van der Waals surface area contributed by atoms with E-state index in [2.05, 4.69) is 11.8 Å². The minimum atomic E-state index is -0.415. The van der Waals surface area contributed by atoms with E-state index in [0.29, 0.717) is 11.8 Å². The molecule has 5 heteroatoms. The number of halogens is 1. The summed E-state index contributed by atoms with van der Waals surface area (Å²) in [6.07, 6.45) is -0.201. The molecule has 0 saturated carbocycles. The molecule has 0 bridgehead atoms. The molecule has 1 atom stereocenters. The molecule has 0 aromatic rings. The third-order valence-corrected chi connectivity index (χ3v) is 3.38. The Morgan fingerprint density at radius 1 is 1.28 bits per heavy atom. The van der Waals surface area contributed by atoms with Gasteiger partial charge in [-0.25, -0.2) is 4.79 Å². The smallest absolute Gasteiger partial charge is 0.410 e. The van der Waals surface area contributed by atoms with Crippen molar-refractivity contribution in [2.45, 2.75) is 33.3 Å². The third-order valence-electron chi connectivity index (χ3n) is 2.86. The molecule has 18 heavy (non-hydrogen) atoms. The molecule has 1 saturated heterocycles. The molecule has 1 aliphatic heterocycles. The summed E-state index contributed by atoms with van der Waals surface area (Å²) in [5.74, 6) is 1.19. The van der Waals surface area contributed by atoms with Crippen molar-refractivity contribution in [2.24, 2.45) is 5.92 Å². The first-order valence-electron chi connectivity index (χ1n) is 6.58. The van der Waals surface area contributed by atoms with Gasteiger partial charge in [0.15, 0.2) is 0 Å². The van der Waals surface area contributed by atoms with Crippen LogP contribution in [0.4, 0.5) is 4.79 Å². The Balaban J connectivity index is 2.33. The fourth-order valence-corrected chi connectivity index (χ4v) is 2.03. The number of carbonyl (C=O) groups is 1. The first kappa shape index (κ1) is 15.6. The summed E-state index contributed by atoms with van der Waals surface area (Å²) in [5.41, 5.74) is -0.415. The summed E-state index contributed by atoms with van der Waals surface area (Å²) in [4.78, 5) is 16.0. The normalized spacial score (nSPS) is 19.7. The quantitative estimate of drug-likeness (QED) is 0.742. The topological polar surface area (TPSA) is 32.8 Å². The molecule has 0 aliphatic carbocycles. The van der Waals surface area contributed by atoms with Crippen molar-refractivity contribution in [2.75, 3.05) is 38.6 Å². The van der Waals surface area contributed by atoms with Crippen molar-refractivity contribution in [3.05, 3.63) is 0 Å². The summed E-state index contributed by atoms with van der Waals surface area (Å²) in [7, 11) is 0. The van der Waals surface area contributed by atoms with Gasteiger partial charge in [-0.1, -0.05) is 6.92 Å². The van der Waals surface area contributed by atoms with Crippen molar-refractivity contribution >= 4 is 17.7 Å². The lowest BCUT2D eigenvalue weighted by molar-refractivity contribution is 0.0137. The highest BCUT2D eigenvalue weighted by Crippen LogP contribution is 2.12. The van der Waals surface area contributed by atoms with Gasteiger partial charge in [0.2, 0.25) is 0 Å². The molecule has 1 heterocycles. The van der Waals surface area contributed by atoms with Crippen LogP contribution < -0.4 is 0 Å². The van der Waals surface area contributed by atoms with E-state index >= 15 is 0 Å². The maximum absolute atomic E-state index is 11.9. The maximum Gasteiger partial charge on any atom is 0.410 e. The van der Waals surface area contributed by atoms with E-state index in [-0.39, 0.29) is 6.09 Å². The van der Waals surface area contributed by atoms with E-state index in [0.717, 1.165) is 32.7 Å². The van der Waals surface area contributed by atoms with Gasteiger partial charge in [0.05, 0.1) is 0 Å². The van der Waals surface area contributed by atoms with Crippen molar-refractivity contribution < 1.29 is 9.53 Å². The molecule has 1 unspecified atom stereocenters. The van der Waals surface area contributed by atoms with Crippen LogP contribution in [-0.4, -0.2) is 60.1 Å². The number of hydrogen-bond donors (Lipinski definition) is 0. The van der Waals surface area contributed by atoms with Gasteiger partial charge in [0.1, 0.15) is 5.60 Å². The molecule has 0 aromatic heterocycles. The Morgan fingerprint density at radius 3 is 2.28 bits per heavy atom. The highest BCUT2D eigenvalue weighted by atomic mass is 35.5. The van der Waals surface area contributed by atoms with Crippen molar-refractivity contribution in [3.8, 4) is 0 Å². The second-order valence-corrected chi connectivity index (χ2v) is 6.34. The van der Waals surface area contributed by atoms with Crippen LogP contribution in [0.3, 0.4) is 0 Å². The average Bonchev–Trinajstić information content (AvgIpc) is 2.27. The van der Waals surface area contributed by atoms with Crippen LogP contribution in [-0.2, 0) is 4.74 Å². The minimum Gasteiger partial charge on any atom is -0.444 e. The first-order valence-corrected chi connectivity index (χ1v) is 7.11. The number of nitrogens with zero attached hydrogens (tertiary/aromatic N) is 2.